The number of hydrogen-bond donors (Lipinski definition) is 1. The van der Waals surface area contributed by atoms with Gasteiger partial charge in [0.2, 0.25) is 5.95 Å². The maximum atomic E-state index is 12.6. The molecule has 1 spiro atoms. The van der Waals surface area contributed by atoms with Gasteiger partial charge in [-0.2, -0.15) is 13.2 Å². The summed E-state index contributed by atoms with van der Waals surface area (Å²) in [7, 11) is 0. The molecule has 4 heterocycles. The van der Waals surface area contributed by atoms with Crippen molar-refractivity contribution in [3.05, 3.63) is 47.0 Å². The van der Waals surface area contributed by atoms with E-state index < -0.39 is 17.3 Å². The molecule has 27 heavy (non-hydrogen) atoms. The number of nitrogen functional groups attached to an aromatic ring is 1. The molecule has 0 radical (unpaired) electrons. The predicted molar refractivity (Wildman–Crippen MR) is 91.5 cm³/mol. The van der Waals surface area contributed by atoms with Gasteiger partial charge in [-0.1, -0.05) is 0 Å². The Labute approximate surface area is 154 Å². The van der Waals surface area contributed by atoms with Crippen molar-refractivity contribution < 1.29 is 17.9 Å². The molecule has 6 nitrogen and oxygen atoms in total. The van der Waals surface area contributed by atoms with Gasteiger partial charge in [-0.3, -0.25) is 9.88 Å². The minimum absolute atomic E-state index is 0.245. The Hall–Kier alpha value is -2.26. The maximum Gasteiger partial charge on any atom is 0.417 e. The van der Waals surface area contributed by atoms with Crippen molar-refractivity contribution in [3.8, 4) is 0 Å². The first-order valence-corrected chi connectivity index (χ1v) is 8.86. The van der Waals surface area contributed by atoms with Crippen LogP contribution in [0.5, 0.6) is 0 Å². The molecule has 0 aromatic carbocycles. The third kappa shape index (κ3) is 3.61. The van der Waals surface area contributed by atoms with Crippen LogP contribution in [0.15, 0.2) is 24.5 Å². The smallest absolute Gasteiger partial charge is 0.368 e. The summed E-state index contributed by atoms with van der Waals surface area (Å²) in [5, 5.41) is 0. The van der Waals surface area contributed by atoms with E-state index >= 15 is 0 Å². The van der Waals surface area contributed by atoms with Crippen LogP contribution in [0.25, 0.3) is 0 Å². The summed E-state index contributed by atoms with van der Waals surface area (Å²) in [6, 6.07) is 2.52. The van der Waals surface area contributed by atoms with Crippen molar-refractivity contribution in [2.75, 3.05) is 25.4 Å². The van der Waals surface area contributed by atoms with Crippen molar-refractivity contribution >= 4 is 5.95 Å². The lowest BCUT2D eigenvalue weighted by atomic mass is 9.83. The van der Waals surface area contributed by atoms with Gasteiger partial charge < -0.3 is 10.5 Å². The minimum Gasteiger partial charge on any atom is -0.368 e. The molecule has 9 heteroatoms. The molecule has 1 saturated heterocycles. The Morgan fingerprint density at radius 3 is 2.59 bits per heavy atom. The number of anilines is 1. The Morgan fingerprint density at radius 1 is 1.15 bits per heavy atom. The molecule has 2 aliphatic heterocycles. The number of ether oxygens (including phenoxy) is 1. The molecule has 0 saturated carbocycles. The van der Waals surface area contributed by atoms with Crippen molar-refractivity contribution in [1.29, 1.82) is 0 Å². The second-order valence-corrected chi connectivity index (χ2v) is 7.01. The van der Waals surface area contributed by atoms with E-state index in [4.69, 9.17) is 10.5 Å². The van der Waals surface area contributed by atoms with E-state index in [0.717, 1.165) is 55.9 Å². The van der Waals surface area contributed by atoms with Gasteiger partial charge in [-0.05, 0) is 37.0 Å². The number of nitrogens with zero attached hydrogens (tertiary/aromatic N) is 4. The fourth-order valence-electron chi connectivity index (χ4n) is 3.79. The summed E-state index contributed by atoms with van der Waals surface area (Å²) in [5.74, 6) is 0.245. The zero-order valence-electron chi connectivity index (χ0n) is 14.7. The van der Waals surface area contributed by atoms with Crippen LogP contribution in [0.2, 0.25) is 0 Å². The molecule has 0 bridgehead atoms. The summed E-state index contributed by atoms with van der Waals surface area (Å²) in [6.07, 6.45) is 0.574. The van der Waals surface area contributed by atoms with Gasteiger partial charge in [0.05, 0.1) is 23.6 Å². The Bertz CT molecular complexity index is 817. The molecule has 0 atom stereocenters. The second kappa shape index (κ2) is 6.72. The molecule has 2 N–H and O–H groups in total. The fraction of sp³-hybridized carbons (Fsp3) is 0.500. The predicted octanol–water partition coefficient (Wildman–Crippen LogP) is 2.54. The first-order chi connectivity index (χ1) is 12.9. The van der Waals surface area contributed by atoms with E-state index in [-0.39, 0.29) is 5.95 Å². The van der Waals surface area contributed by atoms with Gasteiger partial charge in [-0.15, -0.1) is 0 Å². The quantitative estimate of drug-likeness (QED) is 0.864. The molecular weight excluding hydrogens is 359 g/mol. The normalized spacial score (nSPS) is 19.8. The zero-order valence-corrected chi connectivity index (χ0v) is 14.7. The van der Waals surface area contributed by atoms with E-state index in [0.29, 0.717) is 18.8 Å². The summed E-state index contributed by atoms with van der Waals surface area (Å²) in [6.45, 7) is 2.62. The van der Waals surface area contributed by atoms with Crippen LogP contribution >= 0.6 is 0 Å². The van der Waals surface area contributed by atoms with Gasteiger partial charge in [-0.25, -0.2) is 9.97 Å². The van der Waals surface area contributed by atoms with Crippen molar-refractivity contribution in [1.82, 2.24) is 19.9 Å². The SMILES string of the molecule is Nc1ncc2c(n1)C1(CCN(Cc3ccc(C(F)(F)F)cn3)CC1)OCC2. The minimum atomic E-state index is -4.36. The molecule has 2 aromatic heterocycles. The highest BCUT2D eigenvalue weighted by molar-refractivity contribution is 5.32. The number of piperidine rings is 1. The van der Waals surface area contributed by atoms with Crippen molar-refractivity contribution in [2.24, 2.45) is 0 Å². The summed E-state index contributed by atoms with van der Waals surface area (Å²) in [4.78, 5) is 14.6. The Morgan fingerprint density at radius 2 is 1.93 bits per heavy atom. The van der Waals surface area contributed by atoms with Gasteiger partial charge >= 0.3 is 6.18 Å². The highest BCUT2D eigenvalue weighted by Crippen LogP contribution is 2.40. The number of fused-ring (bicyclic) bond motifs is 2. The first kappa shape index (κ1) is 18.1. The number of halogens is 3. The number of nitrogens with two attached hydrogens (primary N) is 1. The molecule has 0 aliphatic carbocycles. The van der Waals surface area contributed by atoms with E-state index in [1.165, 1.54) is 6.07 Å². The molecular formula is C18H20F3N5O. The molecule has 1 fully saturated rings. The molecule has 4 rings (SSSR count). The largest absolute Gasteiger partial charge is 0.417 e. The van der Waals surface area contributed by atoms with Crippen LogP contribution in [0.3, 0.4) is 0 Å². The van der Waals surface area contributed by atoms with Gasteiger partial charge in [0.15, 0.2) is 0 Å². The molecule has 0 amide bonds. The Kier molecular flexibility index (Phi) is 4.51. The number of hydrogen-bond acceptors (Lipinski definition) is 6. The van der Waals surface area contributed by atoms with E-state index in [1.807, 2.05) is 0 Å². The highest BCUT2D eigenvalue weighted by atomic mass is 19.4. The number of likely N-dealkylation sites (tertiary alicyclic amines) is 1. The molecule has 144 valence electrons. The van der Waals surface area contributed by atoms with E-state index in [2.05, 4.69) is 19.9 Å². The summed E-state index contributed by atoms with van der Waals surface area (Å²) < 4.78 is 44.1. The fourth-order valence-corrected chi connectivity index (χ4v) is 3.79. The number of aromatic nitrogens is 3. The van der Waals surface area contributed by atoms with Crippen LogP contribution in [-0.4, -0.2) is 39.5 Å². The maximum absolute atomic E-state index is 12.6. The summed E-state index contributed by atoms with van der Waals surface area (Å²) in [5.41, 5.74) is 7.17. The monoisotopic (exact) mass is 379 g/mol. The van der Waals surface area contributed by atoms with E-state index in [9.17, 15) is 13.2 Å². The number of rotatable bonds is 2. The topological polar surface area (TPSA) is 77.2 Å². The number of pyridine rings is 1. The van der Waals surface area contributed by atoms with Crippen molar-refractivity contribution in [2.45, 2.75) is 37.6 Å². The second-order valence-electron chi connectivity index (χ2n) is 7.01. The molecule has 0 unspecified atom stereocenters. The van der Waals surface area contributed by atoms with Crippen LogP contribution in [-0.2, 0) is 29.5 Å². The highest BCUT2D eigenvalue weighted by Gasteiger charge is 2.42. The number of alkyl halides is 3. The van der Waals surface area contributed by atoms with E-state index in [1.54, 1.807) is 6.20 Å². The van der Waals surface area contributed by atoms with Crippen LogP contribution in [0, 0.1) is 0 Å². The van der Waals surface area contributed by atoms with Gasteiger partial charge in [0.25, 0.3) is 0 Å². The van der Waals surface area contributed by atoms with Crippen LogP contribution in [0.4, 0.5) is 19.1 Å². The van der Waals surface area contributed by atoms with Gasteiger partial charge in [0.1, 0.15) is 5.60 Å². The lowest BCUT2D eigenvalue weighted by Gasteiger charge is -2.44. The molecule has 2 aromatic rings. The third-order valence-corrected chi connectivity index (χ3v) is 5.27. The first-order valence-electron chi connectivity index (χ1n) is 8.86. The van der Waals surface area contributed by atoms with Gasteiger partial charge in [0, 0.05) is 32.0 Å². The van der Waals surface area contributed by atoms with Crippen molar-refractivity contribution in [3.63, 3.8) is 0 Å². The third-order valence-electron chi connectivity index (χ3n) is 5.27. The lowest BCUT2D eigenvalue weighted by molar-refractivity contribution is -0.137. The van der Waals surface area contributed by atoms with Crippen LogP contribution in [0.1, 0.15) is 35.4 Å². The average molecular weight is 379 g/mol. The lowest BCUT2D eigenvalue weighted by Crippen LogP contribution is -2.47. The standard InChI is InChI=1S/C18H20F3N5O/c19-18(20,21)13-1-2-14(23-10-13)11-26-6-4-17(5-7-26)15-12(3-8-27-17)9-24-16(22)25-15/h1-2,9-10H,3-8,11H2,(H2,22,24,25). The zero-order chi connectivity index (χ0) is 19.1. The summed E-state index contributed by atoms with van der Waals surface area (Å²) >= 11 is 0. The molecule has 2 aliphatic rings. The Balaban J connectivity index is 1.44. The van der Waals surface area contributed by atoms with Crippen LogP contribution < -0.4 is 5.73 Å². The average Bonchev–Trinajstić information content (AvgIpc) is 2.64.